The molecule has 114 valence electrons. The first-order valence-electron chi connectivity index (χ1n) is 6.53. The van der Waals surface area contributed by atoms with Crippen molar-refractivity contribution >= 4 is 23.2 Å². The number of carbonyl (C=O) groups is 2. The SMILES string of the molecule is COc1ccc(OC)c(NC(=O)C(=O)Nc2ccccc2)c1. The predicted octanol–water partition coefficient (Wildman–Crippen LogP) is 2.28. The summed E-state index contributed by atoms with van der Waals surface area (Å²) in [4.78, 5) is 23.8. The Morgan fingerprint density at radius 3 is 2.18 bits per heavy atom. The van der Waals surface area contributed by atoms with E-state index in [1.165, 1.54) is 14.2 Å². The normalized spacial score (nSPS) is 9.73. The molecule has 2 N–H and O–H groups in total. The molecule has 0 saturated carbocycles. The zero-order valence-electron chi connectivity index (χ0n) is 12.3. The summed E-state index contributed by atoms with van der Waals surface area (Å²) in [6.07, 6.45) is 0. The highest BCUT2D eigenvalue weighted by Crippen LogP contribution is 2.28. The molecule has 0 aromatic heterocycles. The quantitative estimate of drug-likeness (QED) is 0.849. The molecule has 0 atom stereocenters. The fraction of sp³-hybridized carbons (Fsp3) is 0.125. The van der Waals surface area contributed by atoms with Crippen LogP contribution >= 0.6 is 0 Å². The van der Waals surface area contributed by atoms with Crippen molar-refractivity contribution in [3.63, 3.8) is 0 Å². The van der Waals surface area contributed by atoms with Crippen molar-refractivity contribution in [1.29, 1.82) is 0 Å². The first kappa shape index (κ1) is 15.4. The number of rotatable bonds is 4. The van der Waals surface area contributed by atoms with Gasteiger partial charge in [0.1, 0.15) is 11.5 Å². The van der Waals surface area contributed by atoms with Crippen molar-refractivity contribution in [2.24, 2.45) is 0 Å². The molecule has 0 radical (unpaired) electrons. The first-order valence-corrected chi connectivity index (χ1v) is 6.53. The number of carbonyl (C=O) groups excluding carboxylic acids is 2. The predicted molar refractivity (Wildman–Crippen MR) is 83.2 cm³/mol. The number of hydrogen-bond acceptors (Lipinski definition) is 4. The van der Waals surface area contributed by atoms with Crippen molar-refractivity contribution in [3.05, 3.63) is 48.5 Å². The Morgan fingerprint density at radius 2 is 1.55 bits per heavy atom. The van der Waals surface area contributed by atoms with Crippen LogP contribution in [0.4, 0.5) is 11.4 Å². The van der Waals surface area contributed by atoms with Crippen LogP contribution in [-0.2, 0) is 9.59 Å². The standard InChI is InChI=1S/C16H16N2O4/c1-21-12-8-9-14(22-2)13(10-12)18-16(20)15(19)17-11-6-4-3-5-7-11/h3-10H,1-2H3,(H,17,19)(H,18,20). The van der Waals surface area contributed by atoms with Crippen LogP contribution in [0, 0.1) is 0 Å². The average Bonchev–Trinajstić information content (AvgIpc) is 2.55. The maximum Gasteiger partial charge on any atom is 0.314 e. The molecule has 0 saturated heterocycles. The summed E-state index contributed by atoms with van der Waals surface area (Å²) in [7, 11) is 2.98. The molecule has 0 heterocycles. The van der Waals surface area contributed by atoms with Gasteiger partial charge in [-0.3, -0.25) is 9.59 Å². The molecule has 0 fully saturated rings. The van der Waals surface area contributed by atoms with Crippen LogP contribution in [-0.4, -0.2) is 26.0 Å². The largest absolute Gasteiger partial charge is 0.497 e. The molecule has 0 aliphatic rings. The number of nitrogens with one attached hydrogen (secondary N) is 2. The van der Waals surface area contributed by atoms with Crippen molar-refractivity contribution < 1.29 is 19.1 Å². The molecule has 0 aliphatic heterocycles. The molecule has 6 nitrogen and oxygen atoms in total. The minimum atomic E-state index is -0.796. The molecule has 2 aromatic rings. The minimum Gasteiger partial charge on any atom is -0.497 e. The first-order chi connectivity index (χ1) is 10.6. The van der Waals surface area contributed by atoms with Crippen molar-refractivity contribution in [2.45, 2.75) is 0 Å². The highest BCUT2D eigenvalue weighted by Gasteiger charge is 2.16. The van der Waals surface area contributed by atoms with Gasteiger partial charge in [0.2, 0.25) is 0 Å². The number of methoxy groups -OCH3 is 2. The molecule has 0 spiro atoms. The lowest BCUT2D eigenvalue weighted by Crippen LogP contribution is -2.29. The second-order valence-electron chi connectivity index (χ2n) is 4.34. The van der Waals surface area contributed by atoms with E-state index in [-0.39, 0.29) is 0 Å². The van der Waals surface area contributed by atoms with E-state index >= 15 is 0 Å². The molecule has 22 heavy (non-hydrogen) atoms. The molecular formula is C16H16N2O4. The molecule has 0 bridgehead atoms. The third-order valence-corrected chi connectivity index (χ3v) is 2.89. The van der Waals surface area contributed by atoms with Gasteiger partial charge in [-0.25, -0.2) is 0 Å². The Labute approximate surface area is 128 Å². The zero-order chi connectivity index (χ0) is 15.9. The summed E-state index contributed by atoms with van der Waals surface area (Å²) < 4.78 is 10.2. The Balaban J connectivity index is 2.09. The molecule has 2 rings (SSSR count). The van der Waals surface area contributed by atoms with Crippen LogP contribution < -0.4 is 20.1 Å². The summed E-state index contributed by atoms with van der Waals surface area (Å²) in [5.41, 5.74) is 0.898. The van der Waals surface area contributed by atoms with Crippen LogP contribution in [0.5, 0.6) is 11.5 Å². The lowest BCUT2D eigenvalue weighted by molar-refractivity contribution is -0.133. The number of ether oxygens (including phenoxy) is 2. The van der Waals surface area contributed by atoms with Crippen LogP contribution in [0.15, 0.2) is 48.5 Å². The Kier molecular flexibility index (Phi) is 4.98. The lowest BCUT2D eigenvalue weighted by Gasteiger charge is -2.11. The third kappa shape index (κ3) is 3.76. The maximum absolute atomic E-state index is 12.0. The van der Waals surface area contributed by atoms with Crippen molar-refractivity contribution in [2.75, 3.05) is 24.9 Å². The molecule has 2 aromatic carbocycles. The van der Waals surface area contributed by atoms with Gasteiger partial charge in [0.15, 0.2) is 0 Å². The van der Waals surface area contributed by atoms with Gasteiger partial charge in [-0.05, 0) is 24.3 Å². The summed E-state index contributed by atoms with van der Waals surface area (Å²) in [6, 6.07) is 13.6. The van der Waals surface area contributed by atoms with Gasteiger partial charge in [-0.1, -0.05) is 18.2 Å². The van der Waals surface area contributed by atoms with Gasteiger partial charge in [0, 0.05) is 11.8 Å². The van der Waals surface area contributed by atoms with E-state index in [9.17, 15) is 9.59 Å². The number of para-hydroxylation sites is 1. The minimum absolute atomic E-state index is 0.357. The summed E-state index contributed by atoms with van der Waals surface area (Å²) in [5.74, 6) is -0.590. The monoisotopic (exact) mass is 300 g/mol. The van der Waals surface area contributed by atoms with Crippen LogP contribution in [0.2, 0.25) is 0 Å². The smallest absolute Gasteiger partial charge is 0.314 e. The fourth-order valence-electron chi connectivity index (χ4n) is 1.80. The molecule has 2 amide bonds. The number of anilines is 2. The summed E-state index contributed by atoms with van der Waals surface area (Å²) >= 11 is 0. The van der Waals surface area contributed by atoms with E-state index in [2.05, 4.69) is 10.6 Å². The van der Waals surface area contributed by atoms with Gasteiger partial charge in [-0.15, -0.1) is 0 Å². The van der Waals surface area contributed by atoms with E-state index in [1.807, 2.05) is 6.07 Å². The average molecular weight is 300 g/mol. The van der Waals surface area contributed by atoms with Crippen LogP contribution in [0.1, 0.15) is 0 Å². The molecule has 0 unspecified atom stereocenters. The molecule has 6 heteroatoms. The fourth-order valence-corrected chi connectivity index (χ4v) is 1.80. The second-order valence-corrected chi connectivity index (χ2v) is 4.34. The van der Waals surface area contributed by atoms with Crippen molar-refractivity contribution in [1.82, 2.24) is 0 Å². The van der Waals surface area contributed by atoms with Crippen LogP contribution in [0.3, 0.4) is 0 Å². The Hall–Kier alpha value is -3.02. The van der Waals surface area contributed by atoms with E-state index in [1.54, 1.807) is 42.5 Å². The highest BCUT2D eigenvalue weighted by atomic mass is 16.5. The molecular weight excluding hydrogens is 284 g/mol. The lowest BCUT2D eigenvalue weighted by atomic mass is 10.2. The topological polar surface area (TPSA) is 76.7 Å². The number of amides is 2. The highest BCUT2D eigenvalue weighted by molar-refractivity contribution is 6.43. The third-order valence-electron chi connectivity index (χ3n) is 2.89. The van der Waals surface area contributed by atoms with Gasteiger partial charge in [-0.2, -0.15) is 0 Å². The summed E-state index contributed by atoms with van der Waals surface area (Å²) in [6.45, 7) is 0. The number of benzene rings is 2. The molecule has 0 aliphatic carbocycles. The number of hydrogen-bond donors (Lipinski definition) is 2. The van der Waals surface area contributed by atoms with Gasteiger partial charge in [0.05, 0.1) is 19.9 Å². The van der Waals surface area contributed by atoms with E-state index in [0.717, 1.165) is 0 Å². The van der Waals surface area contributed by atoms with E-state index < -0.39 is 11.8 Å². The van der Waals surface area contributed by atoms with Gasteiger partial charge in [0.25, 0.3) is 0 Å². The van der Waals surface area contributed by atoms with Crippen LogP contribution in [0.25, 0.3) is 0 Å². The zero-order valence-corrected chi connectivity index (χ0v) is 12.3. The Bertz CT molecular complexity index is 671. The maximum atomic E-state index is 12.0. The van der Waals surface area contributed by atoms with Gasteiger partial charge < -0.3 is 20.1 Å². The van der Waals surface area contributed by atoms with E-state index in [0.29, 0.717) is 22.9 Å². The second kappa shape index (κ2) is 7.12. The summed E-state index contributed by atoms with van der Waals surface area (Å²) in [5, 5.41) is 5.01. The Morgan fingerprint density at radius 1 is 0.864 bits per heavy atom. The van der Waals surface area contributed by atoms with Gasteiger partial charge >= 0.3 is 11.8 Å². The van der Waals surface area contributed by atoms with Crippen molar-refractivity contribution in [3.8, 4) is 11.5 Å². The van der Waals surface area contributed by atoms with E-state index in [4.69, 9.17) is 9.47 Å².